The first-order valence-electron chi connectivity index (χ1n) is 17.1. The zero-order valence-corrected chi connectivity index (χ0v) is 31.6. The minimum absolute atomic E-state index is 0.0131. The zero-order valence-electron chi connectivity index (χ0n) is 31.6. The normalized spacial score (nSPS) is 10.5. The number of aryl methyl sites for hydroxylation is 1. The molecule has 0 fully saturated rings. The summed E-state index contributed by atoms with van der Waals surface area (Å²) in [6, 6.07) is 33.5. The van der Waals surface area contributed by atoms with Gasteiger partial charge in [0.1, 0.15) is 17.5 Å². The molecule has 4 rings (SSSR count). The predicted octanol–water partition coefficient (Wildman–Crippen LogP) is 6.43. The maximum atomic E-state index is 13.5. The molecule has 0 aliphatic carbocycles. The summed E-state index contributed by atoms with van der Waals surface area (Å²) in [5.41, 5.74) is 4.43. The molecule has 52 heavy (non-hydrogen) atoms. The van der Waals surface area contributed by atoms with Gasteiger partial charge in [0.2, 0.25) is 24.1 Å². The highest BCUT2D eigenvalue weighted by atomic mass is 16.5. The Morgan fingerprint density at radius 1 is 0.769 bits per heavy atom. The summed E-state index contributed by atoms with van der Waals surface area (Å²) < 4.78 is 10.3. The van der Waals surface area contributed by atoms with Gasteiger partial charge in [0.05, 0.1) is 14.2 Å². The molecule has 0 aromatic heterocycles. The number of nitrogens with one attached hydrogen (secondary N) is 3. The van der Waals surface area contributed by atoms with Crippen molar-refractivity contribution in [2.75, 3.05) is 33.2 Å². The Labute approximate surface area is 309 Å². The summed E-state index contributed by atoms with van der Waals surface area (Å²) in [6.45, 7) is 8.15. The van der Waals surface area contributed by atoms with Crippen LogP contribution in [0.5, 0.6) is 11.5 Å². The molecule has 10 heteroatoms. The predicted molar refractivity (Wildman–Crippen MR) is 209 cm³/mol. The number of rotatable bonds is 13. The Morgan fingerprint density at radius 2 is 1.27 bits per heavy atom. The average Bonchev–Trinajstić information content (AvgIpc) is 3.18. The fourth-order valence-corrected chi connectivity index (χ4v) is 4.51. The van der Waals surface area contributed by atoms with Gasteiger partial charge in [0, 0.05) is 45.2 Å². The number of amides is 4. The minimum Gasteiger partial charge on any atom is -0.497 e. The molecule has 278 valence electrons. The van der Waals surface area contributed by atoms with E-state index < -0.39 is 6.04 Å². The van der Waals surface area contributed by atoms with Gasteiger partial charge in [0.15, 0.2) is 0 Å². The lowest BCUT2D eigenvalue weighted by Gasteiger charge is -2.25. The molecule has 0 spiro atoms. The van der Waals surface area contributed by atoms with Crippen LogP contribution in [-0.4, -0.2) is 58.5 Å². The summed E-state index contributed by atoms with van der Waals surface area (Å²) in [5, 5.41) is 7.94. The van der Waals surface area contributed by atoms with E-state index in [1.54, 1.807) is 59.5 Å². The number of benzene rings is 4. The van der Waals surface area contributed by atoms with Crippen LogP contribution in [0.4, 0.5) is 5.69 Å². The highest BCUT2D eigenvalue weighted by Crippen LogP contribution is 2.20. The summed E-state index contributed by atoms with van der Waals surface area (Å²) in [7, 11) is 6.41. The molecule has 0 radical (unpaired) electrons. The van der Waals surface area contributed by atoms with E-state index in [4.69, 9.17) is 14.3 Å². The summed E-state index contributed by atoms with van der Waals surface area (Å²) in [5.74, 6) is 0.530. The Kier molecular flexibility index (Phi) is 22.0. The zero-order chi connectivity index (χ0) is 38.7. The molecule has 4 amide bonds. The van der Waals surface area contributed by atoms with Crippen molar-refractivity contribution in [3.8, 4) is 11.5 Å². The Morgan fingerprint density at radius 3 is 1.73 bits per heavy atom. The molecular weight excluding hydrogens is 656 g/mol. The molecule has 0 aliphatic heterocycles. The van der Waals surface area contributed by atoms with Crippen LogP contribution in [0.1, 0.15) is 43.9 Å². The van der Waals surface area contributed by atoms with Gasteiger partial charge in [-0.05, 0) is 61.4 Å². The third-order valence-corrected chi connectivity index (χ3v) is 7.21. The van der Waals surface area contributed by atoms with Gasteiger partial charge in [-0.1, -0.05) is 97.8 Å². The molecule has 0 saturated heterocycles. The van der Waals surface area contributed by atoms with Crippen LogP contribution in [0.25, 0.3) is 0 Å². The number of hydrogen-bond donors (Lipinski definition) is 3. The van der Waals surface area contributed by atoms with Crippen LogP contribution in [-0.2, 0) is 32.1 Å². The lowest BCUT2D eigenvalue weighted by atomic mass is 10.0. The van der Waals surface area contributed by atoms with Crippen LogP contribution in [0.3, 0.4) is 0 Å². The van der Waals surface area contributed by atoms with Crippen LogP contribution in [0, 0.1) is 6.92 Å². The van der Waals surface area contributed by atoms with Crippen molar-refractivity contribution < 1.29 is 28.7 Å². The first-order valence-corrected chi connectivity index (χ1v) is 17.1. The monoisotopic (exact) mass is 710 g/mol. The van der Waals surface area contributed by atoms with E-state index in [9.17, 15) is 14.4 Å². The van der Waals surface area contributed by atoms with E-state index in [0.717, 1.165) is 16.9 Å². The van der Waals surface area contributed by atoms with E-state index in [1.165, 1.54) is 16.5 Å². The third kappa shape index (κ3) is 17.7. The van der Waals surface area contributed by atoms with E-state index in [0.29, 0.717) is 36.4 Å². The van der Waals surface area contributed by atoms with E-state index in [-0.39, 0.29) is 24.1 Å². The fourth-order valence-electron chi connectivity index (χ4n) is 4.51. The van der Waals surface area contributed by atoms with Crippen LogP contribution >= 0.6 is 0 Å². The van der Waals surface area contributed by atoms with Gasteiger partial charge < -0.3 is 30.3 Å². The van der Waals surface area contributed by atoms with Gasteiger partial charge in [0.25, 0.3) is 0 Å². The molecule has 1 atom stereocenters. The number of anilines is 1. The quantitative estimate of drug-likeness (QED) is 0.109. The lowest BCUT2D eigenvalue weighted by molar-refractivity contribution is -0.127. The first-order chi connectivity index (χ1) is 25.1. The van der Waals surface area contributed by atoms with Crippen LogP contribution in [0.2, 0.25) is 0 Å². The van der Waals surface area contributed by atoms with Gasteiger partial charge in [-0.25, -0.2) is 0 Å². The molecule has 0 saturated carbocycles. The third-order valence-electron chi connectivity index (χ3n) is 7.21. The number of ether oxygens (including phenoxy) is 2. The van der Waals surface area contributed by atoms with Crippen molar-refractivity contribution in [1.29, 1.82) is 0 Å². The molecule has 0 aliphatic rings. The van der Waals surface area contributed by atoms with Crippen molar-refractivity contribution in [2.24, 2.45) is 0 Å². The van der Waals surface area contributed by atoms with Crippen molar-refractivity contribution in [3.63, 3.8) is 0 Å². The second-order valence-electron chi connectivity index (χ2n) is 11.2. The van der Waals surface area contributed by atoms with Crippen molar-refractivity contribution in [3.05, 3.63) is 138 Å². The summed E-state index contributed by atoms with van der Waals surface area (Å²) in [6.07, 6.45) is 2.35. The molecule has 1 unspecified atom stereocenters. The number of carbonyl (C=O) groups excluding carboxylic acids is 4. The van der Waals surface area contributed by atoms with E-state index >= 15 is 0 Å². The maximum absolute atomic E-state index is 13.5. The fraction of sp³-hybridized carbons (Fsp3) is 0.286. The molecule has 4 aromatic rings. The molecule has 0 heterocycles. The van der Waals surface area contributed by atoms with Gasteiger partial charge in [-0.3, -0.25) is 19.2 Å². The molecule has 0 bridgehead atoms. The van der Waals surface area contributed by atoms with E-state index in [1.807, 2.05) is 86.6 Å². The second-order valence-corrected chi connectivity index (χ2v) is 11.2. The number of nitrogens with zero attached hydrogens (tertiary/aromatic N) is 1. The van der Waals surface area contributed by atoms with Crippen molar-refractivity contribution in [2.45, 2.75) is 53.1 Å². The molecule has 10 nitrogen and oxygen atoms in total. The SMILES string of the molecule is CC.CNC=O.COc1ccc(CNC(=O)/C=C(\C)CC(=O)NC(Cc2ccccc2)C(=O)N(C)c2ccc(OC)cc2)cc1.Cc1ccccc1. The summed E-state index contributed by atoms with van der Waals surface area (Å²) >= 11 is 0. The number of hydrogen-bond acceptors (Lipinski definition) is 6. The molecule has 3 N–H and O–H groups in total. The molecular formula is C42H54N4O6. The minimum atomic E-state index is -0.788. The smallest absolute Gasteiger partial charge is 0.249 e. The van der Waals surface area contributed by atoms with Gasteiger partial charge >= 0.3 is 0 Å². The average molecular weight is 711 g/mol. The van der Waals surface area contributed by atoms with Gasteiger partial charge in [-0.2, -0.15) is 0 Å². The maximum Gasteiger partial charge on any atom is 0.249 e. The van der Waals surface area contributed by atoms with Crippen LogP contribution < -0.4 is 30.3 Å². The highest BCUT2D eigenvalue weighted by Gasteiger charge is 2.25. The summed E-state index contributed by atoms with van der Waals surface area (Å²) in [4.78, 5) is 49.4. The highest BCUT2D eigenvalue weighted by molar-refractivity contribution is 5.99. The lowest BCUT2D eigenvalue weighted by Crippen LogP contribution is -2.48. The molecule has 4 aromatic carbocycles. The number of likely N-dealkylation sites (N-methyl/N-ethyl adjacent to an activating group) is 1. The van der Waals surface area contributed by atoms with Gasteiger partial charge in [-0.15, -0.1) is 0 Å². The Balaban J connectivity index is 0.000000882. The largest absolute Gasteiger partial charge is 0.497 e. The standard InChI is InChI=1S/C31H35N3O5.C7H8.C2H5NO.C2H6/c1-22(18-29(35)32-21-24-10-14-26(38-3)15-11-24)19-30(36)33-28(20-23-8-6-5-7-9-23)31(37)34(2)25-12-16-27(39-4)17-13-25;1-7-5-3-2-4-6-7;1-3-2-4;1-2/h5-18,28H,19-21H2,1-4H3,(H,32,35)(H,33,36);2-6H,1H3;2H,1H3,(H,3,4);1-2H3/b22-18+;;;. The van der Waals surface area contributed by atoms with Crippen LogP contribution in [0.15, 0.2) is 121 Å². The Hall–Kier alpha value is -5.90. The number of methoxy groups -OCH3 is 2. The van der Waals surface area contributed by atoms with Crippen molar-refractivity contribution in [1.82, 2.24) is 16.0 Å². The van der Waals surface area contributed by atoms with E-state index in [2.05, 4.69) is 35.0 Å². The topological polar surface area (TPSA) is 126 Å². The Bertz CT molecular complexity index is 1630. The van der Waals surface area contributed by atoms with Crippen molar-refractivity contribution >= 4 is 29.8 Å². The number of carbonyl (C=O) groups is 4. The second kappa shape index (κ2) is 26.0. The first kappa shape index (κ1) is 44.1.